The van der Waals surface area contributed by atoms with Crippen molar-refractivity contribution in [1.29, 1.82) is 0 Å². The Hall–Kier alpha value is -5.50. The first kappa shape index (κ1) is 30.2. The van der Waals surface area contributed by atoms with Gasteiger partial charge in [-0.05, 0) is 93.0 Å². The van der Waals surface area contributed by atoms with Crippen molar-refractivity contribution in [1.82, 2.24) is 0 Å². The Labute approximate surface area is 265 Å². The number of hydrogen-bond donors (Lipinski definition) is 2. The van der Waals surface area contributed by atoms with Crippen LogP contribution in [0, 0.1) is 0 Å². The minimum absolute atomic E-state index is 0.157. The van der Waals surface area contributed by atoms with Crippen LogP contribution in [0.1, 0.15) is 33.4 Å². The monoisotopic (exact) mass is 638 g/mol. The van der Waals surface area contributed by atoms with Gasteiger partial charge in [0.2, 0.25) is 0 Å². The Balaban J connectivity index is 1.53. The Morgan fingerprint density at radius 3 is 1.21 bits per heavy atom. The lowest BCUT2D eigenvalue weighted by molar-refractivity contribution is -0.138. The average molecular weight is 639 g/mol. The van der Waals surface area contributed by atoms with Gasteiger partial charge in [-0.3, -0.25) is 0 Å². The van der Waals surface area contributed by atoms with Crippen molar-refractivity contribution in [3.05, 3.63) is 167 Å². The third-order valence-electron chi connectivity index (χ3n) is 8.81. The van der Waals surface area contributed by atoms with E-state index in [9.17, 15) is 36.6 Å². The van der Waals surface area contributed by atoms with Gasteiger partial charge < -0.3 is 10.2 Å². The molecule has 0 spiro atoms. The summed E-state index contributed by atoms with van der Waals surface area (Å²) in [6.07, 6.45) is -9.20. The fourth-order valence-corrected chi connectivity index (χ4v) is 6.75. The second-order valence-electron chi connectivity index (χ2n) is 11.5. The number of alkyl halides is 6. The van der Waals surface area contributed by atoms with Crippen molar-refractivity contribution in [2.45, 2.75) is 17.8 Å². The summed E-state index contributed by atoms with van der Waals surface area (Å²) in [5.41, 5.74) is 2.42. The lowest BCUT2D eigenvalue weighted by Crippen LogP contribution is -2.28. The minimum atomic E-state index is -4.60. The summed E-state index contributed by atoms with van der Waals surface area (Å²) in [6, 6.07) is 34.3. The van der Waals surface area contributed by atoms with Crippen LogP contribution in [0.25, 0.3) is 33.4 Å². The summed E-state index contributed by atoms with van der Waals surface area (Å²) in [4.78, 5) is 0. The van der Waals surface area contributed by atoms with E-state index >= 15 is 0 Å². The molecule has 2 nitrogen and oxygen atoms in total. The smallest absolute Gasteiger partial charge is 0.416 e. The molecule has 0 radical (unpaired) electrons. The van der Waals surface area contributed by atoms with E-state index in [-0.39, 0.29) is 33.8 Å². The van der Waals surface area contributed by atoms with Crippen LogP contribution in [0.3, 0.4) is 0 Å². The van der Waals surface area contributed by atoms with Crippen LogP contribution in [0.2, 0.25) is 0 Å². The van der Waals surface area contributed by atoms with E-state index in [2.05, 4.69) is 0 Å². The fourth-order valence-electron chi connectivity index (χ4n) is 6.75. The molecule has 0 aromatic heterocycles. The van der Waals surface area contributed by atoms with Gasteiger partial charge in [-0.15, -0.1) is 0 Å². The maximum atomic E-state index is 13.7. The van der Waals surface area contributed by atoms with Crippen LogP contribution in [0.4, 0.5) is 26.3 Å². The first-order chi connectivity index (χ1) is 22.4. The molecule has 0 fully saturated rings. The van der Waals surface area contributed by atoms with Gasteiger partial charge in [0, 0.05) is 11.1 Å². The Morgan fingerprint density at radius 2 is 0.809 bits per heavy atom. The molecule has 0 amide bonds. The topological polar surface area (TPSA) is 40.5 Å². The van der Waals surface area contributed by atoms with Crippen molar-refractivity contribution < 1.29 is 36.6 Å². The molecular weight excluding hydrogens is 614 g/mol. The number of halogens is 6. The molecule has 1 aliphatic carbocycles. The summed E-state index contributed by atoms with van der Waals surface area (Å²) >= 11 is 0. The highest BCUT2D eigenvalue weighted by Crippen LogP contribution is 2.57. The molecule has 6 aromatic rings. The van der Waals surface area contributed by atoms with Crippen LogP contribution in [0.5, 0.6) is 11.5 Å². The van der Waals surface area contributed by atoms with E-state index in [0.29, 0.717) is 11.1 Å². The van der Waals surface area contributed by atoms with Crippen LogP contribution < -0.4 is 0 Å². The average Bonchev–Trinajstić information content (AvgIpc) is 3.36. The molecule has 47 heavy (non-hydrogen) atoms. The number of aromatic hydroxyl groups is 2. The van der Waals surface area contributed by atoms with E-state index in [1.165, 1.54) is 36.4 Å². The van der Waals surface area contributed by atoms with Gasteiger partial charge in [0.1, 0.15) is 11.5 Å². The molecule has 0 unspecified atom stereocenters. The van der Waals surface area contributed by atoms with Crippen molar-refractivity contribution in [3.8, 4) is 44.9 Å². The molecule has 0 saturated carbocycles. The highest BCUT2D eigenvalue weighted by atomic mass is 19.4. The van der Waals surface area contributed by atoms with E-state index < -0.39 is 28.9 Å². The highest BCUT2D eigenvalue weighted by molar-refractivity contribution is 5.88. The van der Waals surface area contributed by atoms with E-state index in [1.54, 1.807) is 24.3 Å². The Kier molecular flexibility index (Phi) is 6.93. The minimum Gasteiger partial charge on any atom is -0.507 e. The molecule has 0 bridgehead atoms. The molecule has 0 heterocycles. The molecule has 0 aliphatic heterocycles. The molecular formula is C39H24F6O2. The quantitative estimate of drug-likeness (QED) is 0.188. The van der Waals surface area contributed by atoms with Gasteiger partial charge >= 0.3 is 12.4 Å². The highest BCUT2D eigenvalue weighted by Gasteiger charge is 2.46. The maximum absolute atomic E-state index is 13.7. The zero-order valence-corrected chi connectivity index (χ0v) is 24.4. The van der Waals surface area contributed by atoms with Crippen molar-refractivity contribution in [2.75, 3.05) is 0 Å². The van der Waals surface area contributed by atoms with Gasteiger partial charge in [0.05, 0.1) is 16.5 Å². The predicted molar refractivity (Wildman–Crippen MR) is 168 cm³/mol. The summed E-state index contributed by atoms with van der Waals surface area (Å²) in [7, 11) is 0. The summed E-state index contributed by atoms with van der Waals surface area (Å²) in [6.45, 7) is 0. The lowest BCUT2D eigenvalue weighted by atomic mass is 9.67. The lowest BCUT2D eigenvalue weighted by Gasteiger charge is -2.34. The summed E-state index contributed by atoms with van der Waals surface area (Å²) in [5.74, 6) is -0.448. The number of rotatable bonds is 4. The van der Waals surface area contributed by atoms with Crippen LogP contribution in [0.15, 0.2) is 133 Å². The van der Waals surface area contributed by atoms with Crippen molar-refractivity contribution >= 4 is 0 Å². The zero-order valence-electron chi connectivity index (χ0n) is 24.4. The van der Waals surface area contributed by atoms with Gasteiger partial charge in [-0.25, -0.2) is 0 Å². The van der Waals surface area contributed by atoms with Crippen LogP contribution >= 0.6 is 0 Å². The number of fused-ring (bicyclic) bond motifs is 3. The Bertz CT molecular complexity index is 2010. The van der Waals surface area contributed by atoms with Gasteiger partial charge in [-0.1, -0.05) is 84.9 Å². The van der Waals surface area contributed by atoms with Gasteiger partial charge in [0.15, 0.2) is 0 Å². The molecule has 0 saturated heterocycles. The predicted octanol–water partition coefficient (Wildman–Crippen LogP) is 10.8. The molecule has 1 aliphatic rings. The summed E-state index contributed by atoms with van der Waals surface area (Å²) in [5, 5.41) is 22.0. The molecule has 0 atom stereocenters. The molecule has 234 valence electrons. The second kappa shape index (κ2) is 10.8. The molecule has 6 aromatic carbocycles. The van der Waals surface area contributed by atoms with E-state index in [1.807, 2.05) is 48.5 Å². The first-order valence-corrected chi connectivity index (χ1v) is 14.6. The molecule has 2 N–H and O–H groups in total. The van der Waals surface area contributed by atoms with Gasteiger partial charge in [-0.2, -0.15) is 26.3 Å². The van der Waals surface area contributed by atoms with Crippen LogP contribution in [-0.2, 0) is 17.8 Å². The van der Waals surface area contributed by atoms with Crippen LogP contribution in [-0.4, -0.2) is 10.2 Å². The molecule has 8 heteroatoms. The first-order valence-electron chi connectivity index (χ1n) is 14.6. The zero-order chi connectivity index (χ0) is 33.1. The number of phenolic OH excluding ortho intramolecular Hbond substituents is 2. The number of benzene rings is 6. The standard InChI is InChI=1S/C39H24F6O2/c40-38(41,42)27-9-5-7-23(19-27)31-21-25(15-17-35(31)46)37(33-13-3-1-11-29(33)30-12-2-4-14-34(30)37)26-16-18-36(47)32(22-26)24-8-6-10-28(20-24)39(43,44)45/h1-22,46-47H. The third kappa shape index (κ3) is 4.92. The van der Waals surface area contributed by atoms with E-state index in [4.69, 9.17) is 0 Å². The number of hydrogen-bond acceptors (Lipinski definition) is 2. The van der Waals surface area contributed by atoms with Crippen molar-refractivity contribution in [3.63, 3.8) is 0 Å². The maximum Gasteiger partial charge on any atom is 0.416 e. The van der Waals surface area contributed by atoms with Gasteiger partial charge in [0.25, 0.3) is 0 Å². The Morgan fingerprint density at radius 1 is 0.404 bits per heavy atom. The SMILES string of the molecule is Oc1ccc(C2(c3ccc(O)c(-c4cccc(C(F)(F)F)c4)c3)c3ccccc3-c3ccccc32)cc1-c1cccc(C(F)(F)F)c1. The van der Waals surface area contributed by atoms with E-state index in [0.717, 1.165) is 46.5 Å². The second-order valence-corrected chi connectivity index (χ2v) is 11.5. The van der Waals surface area contributed by atoms with Crippen molar-refractivity contribution in [2.24, 2.45) is 0 Å². The largest absolute Gasteiger partial charge is 0.507 e. The fraction of sp³-hybridized carbons (Fsp3) is 0.0769. The summed E-state index contributed by atoms with van der Waals surface area (Å²) < 4.78 is 82.1. The normalized spacial score (nSPS) is 13.7. The third-order valence-corrected chi connectivity index (χ3v) is 8.81. The molecule has 7 rings (SSSR count). The number of phenols is 2.